The van der Waals surface area contributed by atoms with E-state index in [-0.39, 0.29) is 16.9 Å². The van der Waals surface area contributed by atoms with Gasteiger partial charge in [-0.15, -0.1) is 0 Å². The highest BCUT2D eigenvalue weighted by atomic mass is 19.3. The Morgan fingerprint density at radius 1 is 1.09 bits per heavy atom. The number of methoxy groups -OCH3 is 1. The zero-order chi connectivity index (χ0) is 22.5. The third kappa shape index (κ3) is 3.52. The average molecular weight is 439 g/mol. The molecule has 3 aliphatic rings. The van der Waals surface area contributed by atoms with Gasteiger partial charge in [-0.1, -0.05) is 25.1 Å². The van der Waals surface area contributed by atoms with Gasteiger partial charge in [0.05, 0.1) is 7.11 Å². The van der Waals surface area contributed by atoms with Gasteiger partial charge in [0.1, 0.15) is 11.5 Å². The number of ketones is 1. The van der Waals surface area contributed by atoms with E-state index >= 15 is 0 Å². The summed E-state index contributed by atoms with van der Waals surface area (Å²) in [7, 11) is 1.71. The Hall–Kier alpha value is -2.69. The smallest absolute Gasteiger partial charge is 0.387 e. The molecule has 5 rings (SSSR count). The zero-order valence-corrected chi connectivity index (χ0v) is 18.4. The fourth-order valence-electron chi connectivity index (χ4n) is 6.43. The first-order chi connectivity index (χ1) is 15.4. The van der Waals surface area contributed by atoms with Crippen molar-refractivity contribution in [2.75, 3.05) is 7.11 Å². The van der Waals surface area contributed by atoms with Crippen molar-refractivity contribution >= 4 is 11.9 Å². The van der Waals surface area contributed by atoms with Crippen LogP contribution in [0.15, 0.2) is 48.0 Å². The van der Waals surface area contributed by atoms with Crippen LogP contribution in [0.2, 0.25) is 0 Å². The Labute approximate surface area is 187 Å². The minimum atomic E-state index is -2.84. The molecule has 0 spiro atoms. The Kier molecular flexibility index (Phi) is 5.31. The second-order valence-corrected chi connectivity index (χ2v) is 9.59. The molecule has 2 aromatic rings. The van der Waals surface area contributed by atoms with E-state index < -0.39 is 6.61 Å². The van der Waals surface area contributed by atoms with Gasteiger partial charge in [-0.25, -0.2) is 0 Å². The fraction of sp³-hybridized carbons (Fsp3) is 0.444. The Morgan fingerprint density at radius 2 is 1.84 bits per heavy atom. The first-order valence-electron chi connectivity index (χ1n) is 11.4. The van der Waals surface area contributed by atoms with Crippen molar-refractivity contribution in [3.8, 4) is 11.5 Å². The Morgan fingerprint density at radius 3 is 2.56 bits per heavy atom. The number of fused-ring (bicyclic) bond motifs is 5. The standard InChI is InChI=1S/C27H28F2O3/c1-27-12-11-22-21-10-8-20(31-2)14-17(21)5-9-23(22)24(27)15-18(25(27)30)13-16-3-6-19(7-4-16)32-26(28)29/h3-4,6-8,10,13-14,22-24,26H,5,9,11-12,15H2,1-2H3/b18-13+/t22-,23-,24+,27-/m1/s1. The lowest BCUT2D eigenvalue weighted by molar-refractivity contribution is -0.127. The van der Waals surface area contributed by atoms with Crippen LogP contribution >= 0.6 is 0 Å². The molecule has 3 nitrogen and oxygen atoms in total. The molecule has 0 unspecified atom stereocenters. The minimum Gasteiger partial charge on any atom is -0.497 e. The van der Waals surface area contributed by atoms with Gasteiger partial charge >= 0.3 is 6.61 Å². The topological polar surface area (TPSA) is 35.5 Å². The predicted molar refractivity (Wildman–Crippen MR) is 119 cm³/mol. The number of ether oxygens (including phenoxy) is 2. The number of hydrogen-bond acceptors (Lipinski definition) is 3. The Balaban J connectivity index is 1.40. The lowest BCUT2D eigenvalue weighted by Gasteiger charge is -2.48. The first-order valence-corrected chi connectivity index (χ1v) is 11.4. The van der Waals surface area contributed by atoms with E-state index in [2.05, 4.69) is 29.9 Å². The number of rotatable bonds is 4. The maximum Gasteiger partial charge on any atom is 0.387 e. The van der Waals surface area contributed by atoms with Gasteiger partial charge in [0.25, 0.3) is 0 Å². The van der Waals surface area contributed by atoms with Crippen molar-refractivity contribution < 1.29 is 23.0 Å². The van der Waals surface area contributed by atoms with Crippen LogP contribution in [0.3, 0.4) is 0 Å². The van der Waals surface area contributed by atoms with Crippen molar-refractivity contribution in [3.63, 3.8) is 0 Å². The summed E-state index contributed by atoms with van der Waals surface area (Å²) in [5.41, 5.74) is 4.22. The van der Waals surface area contributed by atoms with Gasteiger partial charge in [0.15, 0.2) is 5.78 Å². The molecule has 0 heterocycles. The molecular weight excluding hydrogens is 410 g/mol. The molecule has 0 N–H and O–H groups in total. The predicted octanol–water partition coefficient (Wildman–Crippen LogP) is 6.42. The number of Topliss-reactive ketones (excluding diaryl/α,β-unsaturated/α-hetero) is 1. The van der Waals surface area contributed by atoms with Crippen LogP contribution in [0.25, 0.3) is 6.08 Å². The molecule has 2 fully saturated rings. The normalized spacial score (nSPS) is 30.1. The monoisotopic (exact) mass is 438 g/mol. The number of alkyl halides is 2. The maximum atomic E-state index is 13.5. The largest absolute Gasteiger partial charge is 0.497 e. The summed E-state index contributed by atoms with van der Waals surface area (Å²) in [5.74, 6) is 2.65. The average Bonchev–Trinajstić information content (AvgIpc) is 3.04. The number of hydrogen-bond donors (Lipinski definition) is 0. The van der Waals surface area contributed by atoms with E-state index in [1.54, 1.807) is 19.2 Å². The molecular formula is C27H28F2O3. The number of allylic oxidation sites excluding steroid dienone is 1. The maximum absolute atomic E-state index is 13.5. The fourth-order valence-corrected chi connectivity index (χ4v) is 6.43. The van der Waals surface area contributed by atoms with Crippen LogP contribution in [0.1, 0.15) is 55.2 Å². The van der Waals surface area contributed by atoms with Crippen molar-refractivity contribution in [3.05, 3.63) is 64.7 Å². The summed E-state index contributed by atoms with van der Waals surface area (Å²) in [6.07, 6.45) is 6.80. The van der Waals surface area contributed by atoms with Crippen molar-refractivity contribution in [2.24, 2.45) is 17.3 Å². The van der Waals surface area contributed by atoms with Crippen LogP contribution in [0, 0.1) is 17.3 Å². The summed E-state index contributed by atoms with van der Waals surface area (Å²) >= 11 is 0. The van der Waals surface area contributed by atoms with Crippen molar-refractivity contribution in [2.45, 2.75) is 51.6 Å². The van der Waals surface area contributed by atoms with Gasteiger partial charge in [0.2, 0.25) is 0 Å². The number of benzene rings is 2. The summed E-state index contributed by atoms with van der Waals surface area (Å²) < 4.78 is 34.6. The van der Waals surface area contributed by atoms with E-state index in [0.717, 1.165) is 49.0 Å². The summed E-state index contributed by atoms with van der Waals surface area (Å²) in [6, 6.07) is 13.0. The first kappa shape index (κ1) is 21.2. The van der Waals surface area contributed by atoms with Crippen LogP contribution in [-0.2, 0) is 11.2 Å². The lowest BCUT2D eigenvalue weighted by atomic mass is 9.55. The van der Waals surface area contributed by atoms with Crippen LogP contribution < -0.4 is 9.47 Å². The Bertz CT molecular complexity index is 1060. The molecule has 5 heteroatoms. The summed E-state index contributed by atoms with van der Waals surface area (Å²) in [5, 5.41) is 0. The highest BCUT2D eigenvalue weighted by Gasteiger charge is 2.56. The highest BCUT2D eigenvalue weighted by molar-refractivity contribution is 6.06. The van der Waals surface area contributed by atoms with Gasteiger partial charge in [0, 0.05) is 5.41 Å². The molecule has 0 aliphatic heterocycles. The molecule has 4 atom stereocenters. The second kappa shape index (κ2) is 8.02. The number of carbonyl (C=O) groups excluding carboxylic acids is 1. The van der Waals surface area contributed by atoms with E-state index in [0.29, 0.717) is 17.8 Å². The molecule has 2 aromatic carbocycles. The molecule has 0 bridgehead atoms. The lowest BCUT2D eigenvalue weighted by Crippen LogP contribution is -2.42. The molecule has 3 aliphatic carbocycles. The van der Waals surface area contributed by atoms with E-state index in [9.17, 15) is 13.6 Å². The molecule has 0 radical (unpaired) electrons. The third-order valence-electron chi connectivity index (χ3n) is 8.02. The highest BCUT2D eigenvalue weighted by Crippen LogP contribution is 2.60. The van der Waals surface area contributed by atoms with Crippen molar-refractivity contribution in [1.29, 1.82) is 0 Å². The van der Waals surface area contributed by atoms with Crippen LogP contribution in [0.5, 0.6) is 11.5 Å². The van der Waals surface area contributed by atoms with Gasteiger partial charge in [-0.3, -0.25) is 4.79 Å². The quantitative estimate of drug-likeness (QED) is 0.517. The second-order valence-electron chi connectivity index (χ2n) is 9.59. The van der Waals surface area contributed by atoms with E-state index in [4.69, 9.17) is 4.74 Å². The minimum absolute atomic E-state index is 0.126. The van der Waals surface area contributed by atoms with Gasteiger partial charge in [-0.05, 0) is 102 Å². The van der Waals surface area contributed by atoms with Crippen molar-refractivity contribution in [1.82, 2.24) is 0 Å². The molecule has 0 aromatic heterocycles. The summed E-state index contributed by atoms with van der Waals surface area (Å²) in [4.78, 5) is 13.5. The number of aryl methyl sites for hydroxylation is 1. The van der Waals surface area contributed by atoms with Gasteiger partial charge in [-0.2, -0.15) is 8.78 Å². The summed E-state index contributed by atoms with van der Waals surface area (Å²) in [6.45, 7) is -0.687. The third-order valence-corrected chi connectivity index (χ3v) is 8.02. The molecule has 0 saturated heterocycles. The van der Waals surface area contributed by atoms with E-state index in [1.807, 2.05) is 6.08 Å². The molecule has 0 amide bonds. The molecule has 2 saturated carbocycles. The number of carbonyl (C=O) groups is 1. The molecule has 168 valence electrons. The van der Waals surface area contributed by atoms with E-state index in [1.165, 1.54) is 23.3 Å². The van der Waals surface area contributed by atoms with Crippen LogP contribution in [0.4, 0.5) is 8.78 Å². The molecule has 32 heavy (non-hydrogen) atoms. The zero-order valence-electron chi connectivity index (χ0n) is 18.4. The van der Waals surface area contributed by atoms with Crippen LogP contribution in [-0.4, -0.2) is 19.5 Å². The van der Waals surface area contributed by atoms with Gasteiger partial charge < -0.3 is 9.47 Å². The number of halogens is 2. The SMILES string of the molecule is COc1ccc2c(c1)CC[C@@H]1[C@@H]2CC[C@@]2(C)C(=O)/C(=C/c3ccc(OC(F)F)cc3)C[C@@H]12.